The molecule has 0 saturated heterocycles. The molecule has 0 atom stereocenters. The summed E-state index contributed by atoms with van der Waals surface area (Å²) in [5, 5.41) is 0.375. The summed E-state index contributed by atoms with van der Waals surface area (Å²) in [6, 6.07) is 11.5. The van der Waals surface area contributed by atoms with Crippen LogP contribution in [0.4, 0.5) is 5.69 Å². The van der Waals surface area contributed by atoms with E-state index in [0.717, 1.165) is 11.3 Å². The molecule has 4 aromatic rings. The summed E-state index contributed by atoms with van der Waals surface area (Å²) in [4.78, 5) is 27.0. The topological polar surface area (TPSA) is 63.4 Å². The van der Waals surface area contributed by atoms with Gasteiger partial charge in [0.15, 0.2) is 5.65 Å². The lowest BCUT2D eigenvalue weighted by molar-refractivity contribution is 0.0987. The van der Waals surface area contributed by atoms with Crippen LogP contribution in [0.15, 0.2) is 61.2 Å². The number of hydrogen-bond acceptors (Lipinski definition) is 4. The maximum Gasteiger partial charge on any atom is 0.278 e. The highest BCUT2D eigenvalue weighted by Gasteiger charge is 2.17. The Labute approximate surface area is 161 Å². The van der Waals surface area contributed by atoms with Crippen molar-refractivity contribution in [1.29, 1.82) is 0 Å². The van der Waals surface area contributed by atoms with Gasteiger partial charge in [0.2, 0.25) is 0 Å². The minimum atomic E-state index is -0.246. The maximum atomic E-state index is 12.9. The molecule has 4 rings (SSSR count). The van der Waals surface area contributed by atoms with E-state index in [9.17, 15) is 4.79 Å². The fourth-order valence-corrected chi connectivity index (χ4v) is 2.90. The second-order valence-corrected chi connectivity index (χ2v) is 6.60. The average Bonchev–Trinajstić information content (AvgIpc) is 3.11. The molecule has 0 aliphatic heterocycles. The van der Waals surface area contributed by atoms with E-state index in [1.54, 1.807) is 44.0 Å². The molecular weight excluding hydrogens is 362 g/mol. The standard InChI is InChI=1S/C20H16ClN5O/c1-13-3-5-14(6-4-13)17-10-24-19-11-22-16(12-26(17)19)20(27)25(2)15-7-8-18(21)23-9-15/h3-12H,1-2H3. The number of fused-ring (bicyclic) bond motifs is 1. The van der Waals surface area contributed by atoms with Crippen LogP contribution < -0.4 is 4.90 Å². The van der Waals surface area contributed by atoms with Crippen molar-refractivity contribution in [2.24, 2.45) is 0 Å². The molecule has 0 bridgehead atoms. The highest BCUT2D eigenvalue weighted by molar-refractivity contribution is 6.29. The summed E-state index contributed by atoms with van der Waals surface area (Å²) >= 11 is 5.81. The summed E-state index contributed by atoms with van der Waals surface area (Å²) in [6.45, 7) is 2.04. The van der Waals surface area contributed by atoms with Crippen molar-refractivity contribution in [2.75, 3.05) is 11.9 Å². The van der Waals surface area contributed by atoms with Crippen LogP contribution in [-0.2, 0) is 0 Å². The minimum absolute atomic E-state index is 0.246. The van der Waals surface area contributed by atoms with Crippen LogP contribution in [0.1, 0.15) is 16.1 Å². The van der Waals surface area contributed by atoms with Crippen molar-refractivity contribution in [2.45, 2.75) is 6.92 Å². The monoisotopic (exact) mass is 377 g/mol. The zero-order chi connectivity index (χ0) is 19.0. The third-order valence-corrected chi connectivity index (χ3v) is 4.59. The summed E-state index contributed by atoms with van der Waals surface area (Å²) < 4.78 is 1.87. The minimum Gasteiger partial charge on any atom is -0.309 e. The molecule has 134 valence electrons. The number of amides is 1. The molecule has 6 nitrogen and oxygen atoms in total. The van der Waals surface area contributed by atoms with Crippen molar-refractivity contribution in [3.63, 3.8) is 0 Å². The molecule has 3 aromatic heterocycles. The number of aromatic nitrogens is 4. The van der Waals surface area contributed by atoms with Gasteiger partial charge in [0.05, 0.1) is 30.0 Å². The smallest absolute Gasteiger partial charge is 0.278 e. The van der Waals surface area contributed by atoms with Crippen LogP contribution in [-0.4, -0.2) is 32.3 Å². The molecular formula is C20H16ClN5O. The third kappa shape index (κ3) is 3.27. The predicted octanol–water partition coefficient (Wildman–Crippen LogP) is 4.03. The fraction of sp³-hybridized carbons (Fsp3) is 0.100. The van der Waals surface area contributed by atoms with Gasteiger partial charge in [-0.25, -0.2) is 15.0 Å². The van der Waals surface area contributed by atoms with Crippen LogP contribution in [0.2, 0.25) is 5.15 Å². The lowest BCUT2D eigenvalue weighted by atomic mass is 10.1. The number of imidazole rings is 1. The van der Waals surface area contributed by atoms with Crippen molar-refractivity contribution < 1.29 is 4.79 Å². The van der Waals surface area contributed by atoms with Crippen molar-refractivity contribution >= 4 is 28.8 Å². The molecule has 0 aliphatic carbocycles. The Morgan fingerprint density at radius 2 is 1.78 bits per heavy atom. The van der Waals surface area contributed by atoms with Gasteiger partial charge < -0.3 is 4.90 Å². The fourth-order valence-electron chi connectivity index (χ4n) is 2.79. The molecule has 0 saturated carbocycles. The molecule has 0 spiro atoms. The predicted molar refractivity (Wildman–Crippen MR) is 105 cm³/mol. The van der Waals surface area contributed by atoms with E-state index in [4.69, 9.17) is 11.6 Å². The maximum absolute atomic E-state index is 12.9. The van der Waals surface area contributed by atoms with Gasteiger partial charge in [-0.05, 0) is 19.1 Å². The van der Waals surface area contributed by atoms with E-state index in [0.29, 0.717) is 22.2 Å². The van der Waals surface area contributed by atoms with Gasteiger partial charge >= 0.3 is 0 Å². The molecule has 0 aliphatic rings. The van der Waals surface area contributed by atoms with Gasteiger partial charge in [0.1, 0.15) is 10.8 Å². The van der Waals surface area contributed by atoms with Crippen LogP contribution in [0.5, 0.6) is 0 Å². The van der Waals surface area contributed by atoms with E-state index in [2.05, 4.69) is 15.0 Å². The Kier molecular flexibility index (Phi) is 4.33. The number of halogens is 1. The van der Waals surface area contributed by atoms with Gasteiger partial charge in [0, 0.05) is 18.8 Å². The normalized spacial score (nSPS) is 10.9. The van der Waals surface area contributed by atoms with Crippen LogP contribution in [0.3, 0.4) is 0 Å². The zero-order valence-corrected chi connectivity index (χ0v) is 15.6. The number of pyridine rings is 1. The largest absolute Gasteiger partial charge is 0.309 e. The van der Waals surface area contributed by atoms with Gasteiger partial charge in [-0.1, -0.05) is 41.4 Å². The Balaban J connectivity index is 1.72. The molecule has 7 heteroatoms. The number of hydrogen-bond donors (Lipinski definition) is 0. The number of rotatable bonds is 3. The van der Waals surface area contributed by atoms with Gasteiger partial charge in [0.25, 0.3) is 5.91 Å². The first-order valence-corrected chi connectivity index (χ1v) is 8.70. The Bertz CT molecular complexity index is 1120. The van der Waals surface area contributed by atoms with E-state index in [-0.39, 0.29) is 5.91 Å². The zero-order valence-electron chi connectivity index (χ0n) is 14.8. The molecule has 3 heterocycles. The van der Waals surface area contributed by atoms with Crippen LogP contribution in [0.25, 0.3) is 16.9 Å². The second-order valence-electron chi connectivity index (χ2n) is 6.21. The average molecular weight is 378 g/mol. The first kappa shape index (κ1) is 17.2. The van der Waals surface area contributed by atoms with Crippen LogP contribution >= 0.6 is 11.6 Å². The van der Waals surface area contributed by atoms with E-state index in [1.807, 2.05) is 35.6 Å². The SMILES string of the molecule is Cc1ccc(-c2cnc3cnc(C(=O)N(C)c4ccc(Cl)nc4)cn23)cc1. The Hall–Kier alpha value is -3.25. The molecule has 1 amide bonds. The first-order valence-electron chi connectivity index (χ1n) is 8.33. The molecule has 0 radical (unpaired) electrons. The van der Waals surface area contributed by atoms with E-state index in [1.165, 1.54) is 10.5 Å². The lowest BCUT2D eigenvalue weighted by Crippen LogP contribution is -2.27. The molecule has 0 N–H and O–H groups in total. The van der Waals surface area contributed by atoms with Crippen molar-refractivity contribution in [3.8, 4) is 11.3 Å². The highest BCUT2D eigenvalue weighted by Crippen LogP contribution is 2.22. The molecule has 27 heavy (non-hydrogen) atoms. The van der Waals surface area contributed by atoms with Crippen molar-refractivity contribution in [3.05, 3.63) is 77.6 Å². The summed E-state index contributed by atoms with van der Waals surface area (Å²) in [5.74, 6) is -0.246. The van der Waals surface area contributed by atoms with Crippen LogP contribution in [0, 0.1) is 6.92 Å². The molecule has 1 aromatic carbocycles. The van der Waals surface area contributed by atoms with Crippen molar-refractivity contribution in [1.82, 2.24) is 19.4 Å². The summed E-state index contributed by atoms with van der Waals surface area (Å²) in [7, 11) is 1.67. The number of carbonyl (C=O) groups is 1. The second kappa shape index (κ2) is 6.81. The number of benzene rings is 1. The quantitative estimate of drug-likeness (QED) is 0.506. The number of carbonyl (C=O) groups excluding carboxylic acids is 1. The number of aryl methyl sites for hydroxylation is 1. The van der Waals surface area contributed by atoms with E-state index < -0.39 is 0 Å². The van der Waals surface area contributed by atoms with E-state index >= 15 is 0 Å². The summed E-state index contributed by atoms with van der Waals surface area (Å²) in [5.41, 5.74) is 4.73. The first-order chi connectivity index (χ1) is 13.0. The molecule has 0 unspecified atom stereocenters. The molecule has 0 fully saturated rings. The summed E-state index contributed by atoms with van der Waals surface area (Å²) in [6.07, 6.45) is 6.63. The van der Waals surface area contributed by atoms with Gasteiger partial charge in [-0.15, -0.1) is 0 Å². The lowest BCUT2D eigenvalue weighted by Gasteiger charge is -2.16. The third-order valence-electron chi connectivity index (χ3n) is 4.37. The Morgan fingerprint density at radius 1 is 1.00 bits per heavy atom. The van der Waals surface area contributed by atoms with Gasteiger partial charge in [-0.2, -0.15) is 0 Å². The van der Waals surface area contributed by atoms with Gasteiger partial charge in [-0.3, -0.25) is 9.20 Å². The number of anilines is 1. The Morgan fingerprint density at radius 3 is 2.48 bits per heavy atom. The highest BCUT2D eigenvalue weighted by atomic mass is 35.5. The number of nitrogens with zero attached hydrogens (tertiary/aromatic N) is 5.